The molecule has 1 aliphatic heterocycles. The Morgan fingerprint density at radius 1 is 0.960 bits per heavy atom. The van der Waals surface area contributed by atoms with E-state index in [-0.39, 0.29) is 5.56 Å². The quantitative estimate of drug-likeness (QED) is 0.818. The molecule has 132 valence electrons. The second-order valence-electron chi connectivity index (χ2n) is 6.76. The molecule has 4 rings (SSSR count). The van der Waals surface area contributed by atoms with Gasteiger partial charge in [-0.2, -0.15) is 5.10 Å². The Bertz CT molecular complexity index is 767. The third kappa shape index (κ3) is 3.71. The summed E-state index contributed by atoms with van der Waals surface area (Å²) in [5, 5.41) is 4.61. The summed E-state index contributed by atoms with van der Waals surface area (Å²) in [7, 11) is 0. The number of hydrogen-bond acceptors (Lipinski definition) is 6. The zero-order valence-electron chi connectivity index (χ0n) is 14.5. The fraction of sp³-hybridized carbons (Fsp3) is 0.556. The molecule has 7 heteroatoms. The van der Waals surface area contributed by atoms with Gasteiger partial charge in [0.05, 0.1) is 12.2 Å². The number of anilines is 1. The largest absolute Gasteiger partial charge is 0.338 e. The van der Waals surface area contributed by atoms with Crippen molar-refractivity contribution in [2.45, 2.75) is 32.2 Å². The van der Waals surface area contributed by atoms with Crippen LogP contribution < -0.4 is 10.5 Å². The van der Waals surface area contributed by atoms with E-state index in [1.807, 2.05) is 6.07 Å². The smallest absolute Gasteiger partial charge is 0.267 e. The second-order valence-corrected chi connectivity index (χ2v) is 6.76. The number of nitrogens with zero attached hydrogens (tertiary/aromatic N) is 6. The van der Waals surface area contributed by atoms with Crippen LogP contribution in [0.3, 0.4) is 0 Å². The minimum atomic E-state index is 0.0389. The molecule has 25 heavy (non-hydrogen) atoms. The molecule has 2 aromatic heterocycles. The number of fused-ring (bicyclic) bond motifs is 1. The number of piperazine rings is 1. The van der Waals surface area contributed by atoms with Crippen LogP contribution in [-0.2, 0) is 19.4 Å². The minimum Gasteiger partial charge on any atom is -0.338 e. The molecule has 0 radical (unpaired) electrons. The van der Waals surface area contributed by atoms with E-state index in [0.717, 1.165) is 62.8 Å². The third-order valence-electron chi connectivity index (χ3n) is 5.11. The zero-order valence-corrected chi connectivity index (χ0v) is 14.5. The van der Waals surface area contributed by atoms with Crippen LogP contribution in [-0.4, -0.2) is 57.4 Å². The molecular formula is C18H24N6O. The molecule has 0 amide bonds. The summed E-state index contributed by atoms with van der Waals surface area (Å²) < 4.78 is 1.65. The highest BCUT2D eigenvalue weighted by Crippen LogP contribution is 2.17. The third-order valence-corrected chi connectivity index (χ3v) is 5.11. The zero-order chi connectivity index (χ0) is 17.1. The summed E-state index contributed by atoms with van der Waals surface area (Å²) in [6.07, 6.45) is 7.92. The van der Waals surface area contributed by atoms with E-state index in [0.29, 0.717) is 6.54 Å². The molecule has 0 N–H and O–H groups in total. The van der Waals surface area contributed by atoms with Gasteiger partial charge in [0.1, 0.15) is 0 Å². The summed E-state index contributed by atoms with van der Waals surface area (Å²) in [6.45, 7) is 5.26. The van der Waals surface area contributed by atoms with E-state index >= 15 is 0 Å². The lowest BCUT2D eigenvalue weighted by atomic mass is 9.97. The lowest BCUT2D eigenvalue weighted by molar-refractivity contribution is 0.241. The average Bonchev–Trinajstić information content (AvgIpc) is 2.67. The van der Waals surface area contributed by atoms with E-state index in [1.165, 1.54) is 12.8 Å². The van der Waals surface area contributed by atoms with Gasteiger partial charge in [0, 0.05) is 51.2 Å². The van der Waals surface area contributed by atoms with Gasteiger partial charge in [-0.15, -0.1) is 0 Å². The first-order chi connectivity index (χ1) is 12.3. The maximum atomic E-state index is 12.3. The number of hydrogen-bond donors (Lipinski definition) is 0. The Balaban J connectivity index is 1.33. The average molecular weight is 340 g/mol. The molecule has 7 nitrogen and oxygen atoms in total. The van der Waals surface area contributed by atoms with Gasteiger partial charge in [0.2, 0.25) is 5.95 Å². The topological polar surface area (TPSA) is 67.2 Å². The molecule has 0 saturated carbocycles. The molecule has 1 aliphatic carbocycles. The van der Waals surface area contributed by atoms with Gasteiger partial charge in [-0.05, 0) is 37.3 Å². The van der Waals surface area contributed by atoms with Crippen LogP contribution in [0, 0.1) is 0 Å². The highest BCUT2D eigenvalue weighted by molar-refractivity contribution is 5.29. The van der Waals surface area contributed by atoms with Crippen molar-refractivity contribution in [2.75, 3.05) is 37.6 Å². The van der Waals surface area contributed by atoms with Crippen molar-refractivity contribution in [1.82, 2.24) is 24.6 Å². The maximum Gasteiger partial charge on any atom is 0.267 e. The molecular weight excluding hydrogens is 316 g/mol. The monoisotopic (exact) mass is 340 g/mol. The van der Waals surface area contributed by atoms with Crippen molar-refractivity contribution in [3.63, 3.8) is 0 Å². The SMILES string of the molecule is O=c1cc2c(nn1CCN1CCN(c3ncccn3)CC1)CCCC2. The first kappa shape index (κ1) is 16.2. The van der Waals surface area contributed by atoms with Crippen LogP contribution in [0.5, 0.6) is 0 Å². The van der Waals surface area contributed by atoms with Gasteiger partial charge in [-0.1, -0.05) is 0 Å². The van der Waals surface area contributed by atoms with E-state index in [9.17, 15) is 4.79 Å². The van der Waals surface area contributed by atoms with Gasteiger partial charge < -0.3 is 4.90 Å². The predicted molar refractivity (Wildman–Crippen MR) is 95.8 cm³/mol. The van der Waals surface area contributed by atoms with E-state index in [4.69, 9.17) is 0 Å². The molecule has 0 atom stereocenters. The summed E-state index contributed by atoms with van der Waals surface area (Å²) in [5.41, 5.74) is 2.32. The molecule has 0 aromatic carbocycles. The van der Waals surface area contributed by atoms with Gasteiger partial charge in [0.25, 0.3) is 5.56 Å². The molecule has 2 aliphatic rings. The van der Waals surface area contributed by atoms with E-state index in [1.54, 1.807) is 23.1 Å². The first-order valence-electron chi connectivity index (χ1n) is 9.14. The molecule has 0 spiro atoms. The van der Waals surface area contributed by atoms with Gasteiger partial charge in [-0.25, -0.2) is 14.6 Å². The number of rotatable bonds is 4. The summed E-state index contributed by atoms with van der Waals surface area (Å²) >= 11 is 0. The van der Waals surface area contributed by atoms with Crippen LogP contribution >= 0.6 is 0 Å². The first-order valence-corrected chi connectivity index (χ1v) is 9.14. The van der Waals surface area contributed by atoms with Crippen LogP contribution in [0.2, 0.25) is 0 Å². The van der Waals surface area contributed by atoms with Crippen molar-refractivity contribution < 1.29 is 0 Å². The standard InChI is InChI=1S/C18H24N6O/c25-17-14-15-4-1-2-5-16(15)21-24(17)13-10-22-8-11-23(12-9-22)18-19-6-3-7-20-18/h3,6-7,14H,1-2,4-5,8-13H2. The Kier molecular flexibility index (Phi) is 4.74. The Labute approximate surface area is 147 Å². The maximum absolute atomic E-state index is 12.3. The molecule has 3 heterocycles. The molecule has 0 bridgehead atoms. The Hall–Kier alpha value is -2.28. The van der Waals surface area contributed by atoms with Gasteiger partial charge >= 0.3 is 0 Å². The van der Waals surface area contributed by atoms with Crippen LogP contribution in [0.4, 0.5) is 5.95 Å². The Morgan fingerprint density at radius 2 is 1.72 bits per heavy atom. The van der Waals surface area contributed by atoms with Crippen LogP contribution in [0.25, 0.3) is 0 Å². The van der Waals surface area contributed by atoms with Crippen molar-refractivity contribution in [2.24, 2.45) is 0 Å². The predicted octanol–water partition coefficient (Wildman–Crippen LogP) is 0.734. The molecule has 2 aromatic rings. The summed E-state index contributed by atoms with van der Waals surface area (Å²) in [6, 6.07) is 3.63. The molecule has 0 unspecified atom stereocenters. The van der Waals surface area contributed by atoms with Crippen molar-refractivity contribution in [1.29, 1.82) is 0 Å². The lowest BCUT2D eigenvalue weighted by Gasteiger charge is -2.34. The second kappa shape index (κ2) is 7.31. The normalized spacial score (nSPS) is 18.2. The summed E-state index contributed by atoms with van der Waals surface area (Å²) in [4.78, 5) is 25.5. The van der Waals surface area contributed by atoms with Crippen molar-refractivity contribution in [3.8, 4) is 0 Å². The fourth-order valence-electron chi connectivity index (χ4n) is 3.62. The summed E-state index contributed by atoms with van der Waals surface area (Å²) in [5.74, 6) is 0.801. The van der Waals surface area contributed by atoms with Gasteiger partial charge in [0.15, 0.2) is 0 Å². The highest BCUT2D eigenvalue weighted by atomic mass is 16.1. The van der Waals surface area contributed by atoms with Crippen molar-refractivity contribution >= 4 is 5.95 Å². The number of aromatic nitrogens is 4. The lowest BCUT2D eigenvalue weighted by Crippen LogP contribution is -2.48. The number of aryl methyl sites for hydroxylation is 2. The van der Waals surface area contributed by atoms with Crippen molar-refractivity contribution in [3.05, 3.63) is 46.1 Å². The van der Waals surface area contributed by atoms with E-state index in [2.05, 4.69) is 24.9 Å². The highest BCUT2D eigenvalue weighted by Gasteiger charge is 2.19. The molecule has 1 fully saturated rings. The minimum absolute atomic E-state index is 0.0389. The van der Waals surface area contributed by atoms with Crippen LogP contribution in [0.15, 0.2) is 29.3 Å². The van der Waals surface area contributed by atoms with Gasteiger partial charge in [-0.3, -0.25) is 9.69 Å². The fourth-order valence-corrected chi connectivity index (χ4v) is 3.62. The molecule has 1 saturated heterocycles. The Morgan fingerprint density at radius 3 is 2.52 bits per heavy atom. The van der Waals surface area contributed by atoms with E-state index < -0.39 is 0 Å². The van der Waals surface area contributed by atoms with Crippen LogP contribution in [0.1, 0.15) is 24.1 Å².